The van der Waals surface area contributed by atoms with Crippen molar-refractivity contribution in [2.75, 3.05) is 58.3 Å². The number of piperazine rings is 1. The molecule has 0 aliphatic carbocycles. The van der Waals surface area contributed by atoms with Crippen LogP contribution in [0, 0.1) is 0 Å². The van der Waals surface area contributed by atoms with E-state index in [0.29, 0.717) is 24.3 Å². The third-order valence-corrected chi connectivity index (χ3v) is 5.24. The highest BCUT2D eigenvalue weighted by Gasteiger charge is 2.19. The molecule has 0 spiro atoms. The van der Waals surface area contributed by atoms with E-state index in [1.807, 2.05) is 38.4 Å². The summed E-state index contributed by atoms with van der Waals surface area (Å²) in [7, 11) is 3.66. The van der Waals surface area contributed by atoms with Crippen molar-refractivity contribution in [3.05, 3.63) is 78.0 Å². The Balaban J connectivity index is 1.44. The maximum Gasteiger partial charge on any atom is 0.310 e. The number of hydrogen-bond donors (Lipinski definition) is 0. The third kappa shape index (κ3) is 6.96. The van der Waals surface area contributed by atoms with Gasteiger partial charge in [0.2, 0.25) is 0 Å². The molecule has 2 aromatic rings. The molecule has 1 aliphatic heterocycles. The standard InChI is InChI=1S/C25H31N3O3/c1-26(2)20-22(25(30)21-9-5-3-6-10-21)19-24(29)31-18-17-27-13-15-28(16-14-27)23-11-7-4-8-12-23/h3-12,20H,13-19H2,1-2H3. The maximum atomic E-state index is 12.8. The highest BCUT2D eigenvalue weighted by Crippen LogP contribution is 2.16. The number of hydrogen-bond acceptors (Lipinski definition) is 6. The molecule has 0 amide bonds. The first kappa shape index (κ1) is 22.6. The van der Waals surface area contributed by atoms with Gasteiger partial charge in [-0.15, -0.1) is 0 Å². The summed E-state index contributed by atoms with van der Waals surface area (Å²) in [6.45, 7) is 4.82. The van der Waals surface area contributed by atoms with Gasteiger partial charge in [0.25, 0.3) is 0 Å². The number of para-hydroxylation sites is 1. The number of esters is 1. The molecule has 6 nitrogen and oxygen atoms in total. The number of carbonyl (C=O) groups is 2. The highest BCUT2D eigenvalue weighted by molar-refractivity contribution is 6.10. The van der Waals surface area contributed by atoms with Crippen LogP contribution in [0.25, 0.3) is 0 Å². The minimum absolute atomic E-state index is 0.0340. The molecule has 0 radical (unpaired) electrons. The van der Waals surface area contributed by atoms with Gasteiger partial charge in [-0.05, 0) is 12.1 Å². The van der Waals surface area contributed by atoms with Crippen LogP contribution in [0.4, 0.5) is 5.69 Å². The molecule has 0 bridgehead atoms. The molecule has 6 heteroatoms. The number of carbonyl (C=O) groups excluding carboxylic acids is 2. The number of rotatable bonds is 9. The van der Waals surface area contributed by atoms with Gasteiger partial charge in [0.15, 0.2) is 5.78 Å². The summed E-state index contributed by atoms with van der Waals surface area (Å²) in [5, 5.41) is 0. The summed E-state index contributed by atoms with van der Waals surface area (Å²) in [4.78, 5) is 31.6. The molecule has 0 saturated carbocycles. The Kier molecular flexibility index (Phi) is 8.24. The first-order valence-corrected chi connectivity index (χ1v) is 10.7. The van der Waals surface area contributed by atoms with E-state index in [4.69, 9.17) is 4.74 Å². The van der Waals surface area contributed by atoms with Crippen LogP contribution in [0.15, 0.2) is 72.4 Å². The van der Waals surface area contributed by atoms with E-state index in [-0.39, 0.29) is 18.2 Å². The monoisotopic (exact) mass is 421 g/mol. The number of anilines is 1. The lowest BCUT2D eigenvalue weighted by Crippen LogP contribution is -2.47. The fourth-order valence-electron chi connectivity index (χ4n) is 3.63. The summed E-state index contributed by atoms with van der Waals surface area (Å²) in [6, 6.07) is 19.4. The van der Waals surface area contributed by atoms with Crippen LogP contribution in [0.1, 0.15) is 16.8 Å². The fourth-order valence-corrected chi connectivity index (χ4v) is 3.63. The van der Waals surface area contributed by atoms with Crippen molar-refractivity contribution >= 4 is 17.4 Å². The minimum atomic E-state index is -0.375. The normalized spacial score (nSPS) is 14.9. The van der Waals surface area contributed by atoms with E-state index in [0.717, 1.165) is 26.2 Å². The second-order valence-electron chi connectivity index (χ2n) is 7.87. The zero-order valence-corrected chi connectivity index (χ0v) is 18.4. The Morgan fingerprint density at radius 1 is 0.935 bits per heavy atom. The molecule has 0 N–H and O–H groups in total. The number of ether oxygens (including phenoxy) is 1. The average Bonchev–Trinajstić information content (AvgIpc) is 2.79. The largest absolute Gasteiger partial charge is 0.464 e. The molecule has 31 heavy (non-hydrogen) atoms. The van der Waals surface area contributed by atoms with Crippen LogP contribution < -0.4 is 4.90 Å². The Morgan fingerprint density at radius 3 is 2.16 bits per heavy atom. The fraction of sp³-hybridized carbons (Fsp3) is 0.360. The predicted molar refractivity (Wildman–Crippen MR) is 123 cm³/mol. The lowest BCUT2D eigenvalue weighted by molar-refractivity contribution is -0.143. The van der Waals surface area contributed by atoms with Crippen molar-refractivity contribution in [3.8, 4) is 0 Å². The van der Waals surface area contributed by atoms with Crippen LogP contribution in [0.3, 0.4) is 0 Å². The van der Waals surface area contributed by atoms with E-state index in [2.05, 4.69) is 34.1 Å². The van der Waals surface area contributed by atoms with E-state index in [1.54, 1.807) is 23.2 Å². The van der Waals surface area contributed by atoms with Gasteiger partial charge in [-0.3, -0.25) is 14.5 Å². The molecule has 164 valence electrons. The van der Waals surface area contributed by atoms with Crippen LogP contribution in [0.2, 0.25) is 0 Å². The van der Waals surface area contributed by atoms with E-state index >= 15 is 0 Å². The Bertz CT molecular complexity index is 873. The van der Waals surface area contributed by atoms with E-state index < -0.39 is 0 Å². The quantitative estimate of drug-likeness (QED) is 0.352. The molecule has 2 aromatic carbocycles. The summed E-state index contributed by atoms with van der Waals surface area (Å²) >= 11 is 0. The maximum absolute atomic E-state index is 12.8. The lowest BCUT2D eigenvalue weighted by Gasteiger charge is -2.35. The molecule has 3 rings (SSSR count). The van der Waals surface area contributed by atoms with Gasteiger partial charge in [-0.1, -0.05) is 48.5 Å². The second kappa shape index (κ2) is 11.3. The van der Waals surface area contributed by atoms with Gasteiger partial charge in [0.1, 0.15) is 6.61 Å². The van der Waals surface area contributed by atoms with Gasteiger partial charge < -0.3 is 14.5 Å². The van der Waals surface area contributed by atoms with Gasteiger partial charge >= 0.3 is 5.97 Å². The molecular weight excluding hydrogens is 390 g/mol. The highest BCUT2D eigenvalue weighted by atomic mass is 16.5. The van der Waals surface area contributed by atoms with Gasteiger partial charge in [0, 0.05) is 69.8 Å². The summed E-state index contributed by atoms with van der Waals surface area (Å²) in [5.41, 5.74) is 2.24. The van der Waals surface area contributed by atoms with Crippen molar-refractivity contribution in [1.29, 1.82) is 0 Å². The molecule has 1 fully saturated rings. The van der Waals surface area contributed by atoms with Crippen LogP contribution >= 0.6 is 0 Å². The SMILES string of the molecule is CN(C)C=C(CC(=O)OCCN1CCN(c2ccccc2)CC1)C(=O)c1ccccc1. The van der Waals surface area contributed by atoms with Crippen molar-refractivity contribution < 1.29 is 14.3 Å². The zero-order valence-electron chi connectivity index (χ0n) is 18.4. The number of nitrogens with zero attached hydrogens (tertiary/aromatic N) is 3. The number of Topliss-reactive ketones (excluding diaryl/α,β-unsaturated/α-hetero) is 1. The first-order chi connectivity index (χ1) is 15.0. The molecule has 0 atom stereocenters. The summed E-state index contributed by atoms with van der Waals surface area (Å²) < 4.78 is 5.45. The lowest BCUT2D eigenvalue weighted by atomic mass is 10.0. The van der Waals surface area contributed by atoms with Crippen LogP contribution in [-0.4, -0.2) is 75.0 Å². The molecule has 1 saturated heterocycles. The number of ketones is 1. The summed E-state index contributed by atoms with van der Waals surface area (Å²) in [6.07, 6.45) is 1.66. The average molecular weight is 422 g/mol. The molecule has 0 unspecified atom stereocenters. The van der Waals surface area contributed by atoms with Gasteiger partial charge in [-0.25, -0.2) is 0 Å². The third-order valence-electron chi connectivity index (χ3n) is 5.24. The van der Waals surface area contributed by atoms with Crippen molar-refractivity contribution in [2.45, 2.75) is 6.42 Å². The minimum Gasteiger partial charge on any atom is -0.464 e. The topological polar surface area (TPSA) is 53.1 Å². The van der Waals surface area contributed by atoms with Crippen molar-refractivity contribution in [3.63, 3.8) is 0 Å². The van der Waals surface area contributed by atoms with E-state index in [9.17, 15) is 9.59 Å². The van der Waals surface area contributed by atoms with Crippen molar-refractivity contribution in [1.82, 2.24) is 9.80 Å². The van der Waals surface area contributed by atoms with Gasteiger partial charge in [0.05, 0.1) is 6.42 Å². The van der Waals surface area contributed by atoms with E-state index in [1.165, 1.54) is 5.69 Å². The van der Waals surface area contributed by atoms with Crippen molar-refractivity contribution in [2.24, 2.45) is 0 Å². The molecule has 1 heterocycles. The second-order valence-corrected chi connectivity index (χ2v) is 7.87. The molecular formula is C25H31N3O3. The van der Waals surface area contributed by atoms with Gasteiger partial charge in [-0.2, -0.15) is 0 Å². The van der Waals surface area contributed by atoms with Crippen LogP contribution in [-0.2, 0) is 9.53 Å². The van der Waals surface area contributed by atoms with Crippen LogP contribution in [0.5, 0.6) is 0 Å². The Hall–Kier alpha value is -3.12. The smallest absolute Gasteiger partial charge is 0.310 e. The summed E-state index contributed by atoms with van der Waals surface area (Å²) in [5.74, 6) is -0.524. The predicted octanol–water partition coefficient (Wildman–Crippen LogP) is 3.07. The Labute approximate surface area is 184 Å². The molecule has 0 aromatic heterocycles. The molecule has 1 aliphatic rings. The zero-order chi connectivity index (χ0) is 22.1. The number of benzene rings is 2. The Morgan fingerprint density at radius 2 is 1.55 bits per heavy atom. The first-order valence-electron chi connectivity index (χ1n) is 10.7.